The highest BCUT2D eigenvalue weighted by Crippen LogP contribution is 2.20. The minimum Gasteiger partial charge on any atom is -0.315 e. The average molecular weight is 281 g/mol. The Morgan fingerprint density at radius 2 is 2.24 bits per heavy atom. The Morgan fingerprint density at radius 1 is 1.29 bits per heavy atom. The van der Waals surface area contributed by atoms with Gasteiger partial charge in [-0.3, -0.25) is 4.79 Å². The molecule has 0 atom stereocenters. The maximum absolute atomic E-state index is 12.3. The molecule has 1 aliphatic heterocycles. The molecule has 3 aromatic heterocycles. The van der Waals surface area contributed by atoms with Crippen LogP contribution < -0.4 is 5.32 Å². The minimum atomic E-state index is -0.202. The van der Waals surface area contributed by atoms with Gasteiger partial charge in [-0.05, 0) is 31.0 Å². The third kappa shape index (κ3) is 2.08. The molecule has 4 heterocycles. The van der Waals surface area contributed by atoms with E-state index in [1.807, 2.05) is 24.4 Å². The van der Waals surface area contributed by atoms with Crippen molar-refractivity contribution in [2.75, 3.05) is 5.32 Å². The van der Waals surface area contributed by atoms with Gasteiger partial charge >= 0.3 is 0 Å². The number of rotatable bonds is 2. The van der Waals surface area contributed by atoms with E-state index in [4.69, 9.17) is 0 Å². The fourth-order valence-electron chi connectivity index (χ4n) is 2.75. The Bertz CT molecular complexity index is 783. The van der Waals surface area contributed by atoms with Gasteiger partial charge in [-0.15, -0.1) is 0 Å². The van der Waals surface area contributed by atoms with E-state index in [9.17, 15) is 4.79 Å². The van der Waals surface area contributed by atoms with Crippen LogP contribution >= 0.6 is 0 Å². The van der Waals surface area contributed by atoms with Crippen LogP contribution in [0.4, 0.5) is 5.82 Å². The lowest BCUT2D eigenvalue weighted by Gasteiger charge is -2.16. The third-order valence-electron chi connectivity index (χ3n) is 3.81. The lowest BCUT2D eigenvalue weighted by atomic mass is 10.2. The van der Waals surface area contributed by atoms with Crippen LogP contribution in [-0.2, 0) is 13.0 Å². The predicted molar refractivity (Wildman–Crippen MR) is 78.3 cm³/mol. The smallest absolute Gasteiger partial charge is 0.277 e. The highest BCUT2D eigenvalue weighted by Gasteiger charge is 2.17. The van der Waals surface area contributed by atoms with Crippen molar-refractivity contribution < 1.29 is 4.79 Å². The summed E-state index contributed by atoms with van der Waals surface area (Å²) in [7, 11) is 0. The van der Waals surface area contributed by atoms with Gasteiger partial charge in [0.05, 0.1) is 11.7 Å². The Balaban J connectivity index is 1.62. The number of pyridine rings is 1. The summed E-state index contributed by atoms with van der Waals surface area (Å²) in [6, 6.07) is 7.51. The quantitative estimate of drug-likeness (QED) is 0.782. The molecule has 0 spiro atoms. The maximum atomic E-state index is 12.3. The summed E-state index contributed by atoms with van der Waals surface area (Å²) < 4.78 is 3.78. The van der Waals surface area contributed by atoms with Crippen molar-refractivity contribution in [3.05, 3.63) is 48.2 Å². The van der Waals surface area contributed by atoms with Crippen molar-refractivity contribution in [2.45, 2.75) is 25.8 Å². The molecule has 3 aromatic rings. The fourth-order valence-corrected chi connectivity index (χ4v) is 2.75. The van der Waals surface area contributed by atoms with Crippen LogP contribution in [0.2, 0.25) is 0 Å². The second-order valence-electron chi connectivity index (χ2n) is 5.22. The Hall–Kier alpha value is -2.63. The summed E-state index contributed by atoms with van der Waals surface area (Å²) >= 11 is 0. The molecule has 0 unspecified atom stereocenters. The highest BCUT2D eigenvalue weighted by atomic mass is 16.2. The average Bonchev–Trinajstić information content (AvgIpc) is 3.11. The van der Waals surface area contributed by atoms with Crippen molar-refractivity contribution in [1.29, 1.82) is 0 Å². The van der Waals surface area contributed by atoms with Crippen LogP contribution in [0.1, 0.15) is 29.2 Å². The van der Waals surface area contributed by atoms with Crippen molar-refractivity contribution >= 4 is 17.2 Å². The standard InChI is InChI=1S/C15H15N5O/c21-15(12-9-11-5-1-4-8-20(11)18-12)17-14-10-16-13-6-2-3-7-19(13)14/h1,4-5,8-10H,2-3,6-7H2,(H,17,21). The molecule has 1 aliphatic rings. The second kappa shape index (κ2) is 4.73. The molecule has 6 heteroatoms. The number of anilines is 1. The van der Waals surface area contributed by atoms with E-state index < -0.39 is 0 Å². The zero-order chi connectivity index (χ0) is 14.2. The van der Waals surface area contributed by atoms with Gasteiger partial charge in [0.25, 0.3) is 5.91 Å². The summed E-state index contributed by atoms with van der Waals surface area (Å²) in [4.78, 5) is 16.7. The lowest BCUT2D eigenvalue weighted by molar-refractivity contribution is 0.102. The summed E-state index contributed by atoms with van der Waals surface area (Å²) in [5.74, 6) is 1.60. The Kier molecular flexibility index (Phi) is 2.73. The van der Waals surface area contributed by atoms with E-state index in [0.29, 0.717) is 5.69 Å². The van der Waals surface area contributed by atoms with Crippen molar-refractivity contribution in [3.63, 3.8) is 0 Å². The van der Waals surface area contributed by atoms with Crippen LogP contribution in [0.3, 0.4) is 0 Å². The number of imidazole rings is 1. The first kappa shape index (κ1) is 12.1. The molecule has 21 heavy (non-hydrogen) atoms. The Morgan fingerprint density at radius 3 is 3.14 bits per heavy atom. The zero-order valence-electron chi connectivity index (χ0n) is 11.5. The molecule has 6 nitrogen and oxygen atoms in total. The summed E-state index contributed by atoms with van der Waals surface area (Å²) in [6.45, 7) is 0.913. The number of aromatic nitrogens is 4. The molecule has 4 rings (SSSR count). The molecule has 0 radical (unpaired) electrons. The molecule has 1 amide bonds. The lowest BCUT2D eigenvalue weighted by Crippen LogP contribution is -2.18. The third-order valence-corrected chi connectivity index (χ3v) is 3.81. The largest absolute Gasteiger partial charge is 0.315 e. The van der Waals surface area contributed by atoms with Crippen LogP contribution in [0.5, 0.6) is 0 Å². The van der Waals surface area contributed by atoms with Gasteiger partial charge in [-0.1, -0.05) is 6.07 Å². The summed E-state index contributed by atoms with van der Waals surface area (Å²) in [5, 5.41) is 7.19. The molecular formula is C15H15N5O. The number of aryl methyl sites for hydroxylation is 1. The SMILES string of the molecule is O=C(Nc1cnc2n1CCCC2)c1cc2ccccn2n1. The van der Waals surface area contributed by atoms with E-state index >= 15 is 0 Å². The number of hydrogen-bond acceptors (Lipinski definition) is 3. The molecule has 0 saturated carbocycles. The normalized spacial score (nSPS) is 14.1. The molecule has 0 fully saturated rings. The number of carbonyl (C=O) groups is 1. The van der Waals surface area contributed by atoms with E-state index in [-0.39, 0.29) is 5.91 Å². The van der Waals surface area contributed by atoms with Gasteiger partial charge in [0.1, 0.15) is 11.6 Å². The number of hydrogen-bond donors (Lipinski definition) is 1. The van der Waals surface area contributed by atoms with Crippen molar-refractivity contribution in [2.24, 2.45) is 0 Å². The molecule has 0 aromatic carbocycles. The minimum absolute atomic E-state index is 0.202. The van der Waals surface area contributed by atoms with Gasteiger partial charge in [0.15, 0.2) is 5.69 Å². The zero-order valence-corrected chi connectivity index (χ0v) is 11.5. The van der Waals surface area contributed by atoms with Crippen LogP contribution in [-0.4, -0.2) is 25.1 Å². The van der Waals surface area contributed by atoms with Gasteiger partial charge in [-0.2, -0.15) is 5.10 Å². The monoisotopic (exact) mass is 281 g/mol. The first-order valence-electron chi connectivity index (χ1n) is 7.11. The highest BCUT2D eigenvalue weighted by molar-refractivity contribution is 6.03. The van der Waals surface area contributed by atoms with E-state index in [1.165, 1.54) is 0 Å². The van der Waals surface area contributed by atoms with Gasteiger partial charge < -0.3 is 9.88 Å². The Labute approximate surface area is 121 Å². The first-order chi connectivity index (χ1) is 10.3. The van der Waals surface area contributed by atoms with Crippen LogP contribution in [0.15, 0.2) is 36.7 Å². The van der Waals surface area contributed by atoms with E-state index in [1.54, 1.807) is 16.8 Å². The molecule has 0 aliphatic carbocycles. The van der Waals surface area contributed by atoms with Gasteiger partial charge in [-0.25, -0.2) is 9.50 Å². The molecule has 0 saturated heterocycles. The first-order valence-corrected chi connectivity index (χ1v) is 7.11. The number of nitrogens with zero attached hydrogens (tertiary/aromatic N) is 4. The van der Waals surface area contributed by atoms with Crippen molar-refractivity contribution in [3.8, 4) is 0 Å². The van der Waals surface area contributed by atoms with Crippen molar-refractivity contribution in [1.82, 2.24) is 19.2 Å². The fraction of sp³-hybridized carbons (Fsp3) is 0.267. The molecule has 0 bridgehead atoms. The van der Waals surface area contributed by atoms with Crippen LogP contribution in [0, 0.1) is 0 Å². The number of amides is 1. The predicted octanol–water partition coefficient (Wildman–Crippen LogP) is 2.12. The number of carbonyl (C=O) groups excluding carboxylic acids is 1. The van der Waals surface area contributed by atoms with Gasteiger partial charge in [0, 0.05) is 19.2 Å². The maximum Gasteiger partial charge on any atom is 0.277 e. The van der Waals surface area contributed by atoms with E-state index in [2.05, 4.69) is 20.0 Å². The molecule has 106 valence electrons. The number of nitrogens with one attached hydrogen (secondary N) is 1. The molecular weight excluding hydrogens is 266 g/mol. The van der Waals surface area contributed by atoms with E-state index in [0.717, 1.165) is 43.0 Å². The topological polar surface area (TPSA) is 64.2 Å². The van der Waals surface area contributed by atoms with Gasteiger partial charge in [0.2, 0.25) is 0 Å². The number of fused-ring (bicyclic) bond motifs is 2. The second-order valence-corrected chi connectivity index (χ2v) is 5.22. The van der Waals surface area contributed by atoms with Crippen LogP contribution in [0.25, 0.3) is 5.52 Å². The molecule has 1 N–H and O–H groups in total. The summed E-state index contributed by atoms with van der Waals surface area (Å²) in [6.07, 6.45) is 6.82. The summed E-state index contributed by atoms with van der Waals surface area (Å²) in [5.41, 5.74) is 1.31.